The van der Waals surface area contributed by atoms with Crippen LogP contribution in [0.15, 0.2) is 59.3 Å². The van der Waals surface area contributed by atoms with E-state index in [0.717, 1.165) is 5.56 Å². The number of hydrogen-bond acceptors (Lipinski definition) is 6. The molecule has 1 aliphatic rings. The van der Waals surface area contributed by atoms with Gasteiger partial charge in [0.15, 0.2) is 11.5 Å². The summed E-state index contributed by atoms with van der Waals surface area (Å²) >= 11 is 1.43. The number of carbonyl (C=O) groups is 2. The van der Waals surface area contributed by atoms with E-state index in [9.17, 15) is 9.59 Å². The molecule has 1 aliphatic heterocycles. The molecule has 0 aliphatic carbocycles. The first-order valence-corrected chi connectivity index (χ1v) is 9.83. The molecule has 3 aromatic rings. The number of hydrogen-bond donors (Lipinski definition) is 2. The van der Waals surface area contributed by atoms with Crippen LogP contribution in [-0.4, -0.2) is 25.2 Å². The summed E-state index contributed by atoms with van der Waals surface area (Å²) in [5.74, 6) is 1.45. The molecule has 2 aromatic carbocycles. The van der Waals surface area contributed by atoms with Crippen LogP contribution in [-0.2, 0) is 11.4 Å². The van der Waals surface area contributed by atoms with Crippen LogP contribution < -0.4 is 24.8 Å². The van der Waals surface area contributed by atoms with Crippen LogP contribution in [0.2, 0.25) is 0 Å². The maximum Gasteiger partial charge on any atom is 0.252 e. The number of carbonyl (C=O) groups excluding carboxylic acids is 2. The van der Waals surface area contributed by atoms with Gasteiger partial charge in [0, 0.05) is 22.7 Å². The fraction of sp³-hybridized carbons (Fsp3) is 0.143. The molecule has 0 fully saturated rings. The highest BCUT2D eigenvalue weighted by molar-refractivity contribution is 7.08. The lowest BCUT2D eigenvalue weighted by molar-refractivity contribution is -0.115. The monoisotopic (exact) mass is 410 g/mol. The lowest BCUT2D eigenvalue weighted by Gasteiger charge is -2.10. The van der Waals surface area contributed by atoms with Crippen molar-refractivity contribution in [3.8, 4) is 17.2 Å². The Kier molecular flexibility index (Phi) is 5.62. The number of fused-ring (bicyclic) bond motifs is 1. The van der Waals surface area contributed by atoms with Crippen molar-refractivity contribution in [2.45, 2.75) is 6.61 Å². The summed E-state index contributed by atoms with van der Waals surface area (Å²) in [5, 5.41) is 8.91. The van der Waals surface area contributed by atoms with Crippen LogP contribution >= 0.6 is 11.3 Å². The van der Waals surface area contributed by atoms with E-state index in [1.807, 2.05) is 29.6 Å². The summed E-state index contributed by atoms with van der Waals surface area (Å²) in [7, 11) is 0. The Morgan fingerprint density at radius 2 is 1.97 bits per heavy atom. The van der Waals surface area contributed by atoms with Crippen LogP contribution in [0.1, 0.15) is 15.9 Å². The van der Waals surface area contributed by atoms with E-state index in [1.165, 1.54) is 11.3 Å². The Morgan fingerprint density at radius 1 is 1.07 bits per heavy atom. The van der Waals surface area contributed by atoms with Crippen LogP contribution in [0.4, 0.5) is 5.69 Å². The summed E-state index contributed by atoms with van der Waals surface area (Å²) in [4.78, 5) is 24.0. The average Bonchev–Trinajstić information content (AvgIpc) is 3.42. The van der Waals surface area contributed by atoms with Gasteiger partial charge in [-0.15, -0.1) is 0 Å². The van der Waals surface area contributed by atoms with Gasteiger partial charge in [0.25, 0.3) is 5.91 Å². The normalized spacial score (nSPS) is 11.7. The standard InChI is InChI=1S/C21H18N2O5S/c24-20(10-22-21(25)15-6-7-29-12-15)23-16-3-1-2-14(8-16)11-26-17-4-5-18-19(9-17)28-13-27-18/h1-9,12H,10-11,13H2,(H,22,25)(H,23,24). The molecule has 0 atom stereocenters. The molecular weight excluding hydrogens is 392 g/mol. The van der Waals surface area contributed by atoms with Gasteiger partial charge in [-0.2, -0.15) is 11.3 Å². The van der Waals surface area contributed by atoms with E-state index < -0.39 is 0 Å². The second-order valence-corrected chi connectivity index (χ2v) is 7.03. The summed E-state index contributed by atoms with van der Waals surface area (Å²) in [6, 6.07) is 14.5. The third kappa shape index (κ3) is 4.85. The van der Waals surface area contributed by atoms with Crippen LogP contribution in [0, 0.1) is 0 Å². The number of benzene rings is 2. The van der Waals surface area contributed by atoms with E-state index in [4.69, 9.17) is 14.2 Å². The summed E-state index contributed by atoms with van der Waals surface area (Å²) in [6.45, 7) is 0.444. The lowest BCUT2D eigenvalue weighted by Crippen LogP contribution is -2.32. The molecule has 148 valence electrons. The molecule has 7 nitrogen and oxygen atoms in total. The molecule has 2 N–H and O–H groups in total. The largest absolute Gasteiger partial charge is 0.489 e. The second-order valence-electron chi connectivity index (χ2n) is 6.25. The van der Waals surface area contributed by atoms with Crippen molar-refractivity contribution in [1.29, 1.82) is 0 Å². The topological polar surface area (TPSA) is 85.9 Å². The summed E-state index contributed by atoms with van der Waals surface area (Å²) in [5.41, 5.74) is 2.07. The molecule has 2 heterocycles. The Bertz CT molecular complexity index is 1020. The zero-order valence-electron chi connectivity index (χ0n) is 15.3. The van der Waals surface area contributed by atoms with Gasteiger partial charge < -0.3 is 24.8 Å². The molecule has 0 spiro atoms. The zero-order chi connectivity index (χ0) is 20.1. The smallest absolute Gasteiger partial charge is 0.252 e. The van der Waals surface area contributed by atoms with Gasteiger partial charge in [-0.05, 0) is 41.3 Å². The van der Waals surface area contributed by atoms with Gasteiger partial charge in [0.1, 0.15) is 12.4 Å². The number of ether oxygens (including phenoxy) is 3. The van der Waals surface area contributed by atoms with Gasteiger partial charge in [0.05, 0.1) is 6.54 Å². The molecule has 2 amide bonds. The lowest BCUT2D eigenvalue weighted by atomic mass is 10.2. The Balaban J connectivity index is 1.29. The van der Waals surface area contributed by atoms with Crippen molar-refractivity contribution in [2.75, 3.05) is 18.7 Å². The molecule has 0 bridgehead atoms. The first-order chi connectivity index (χ1) is 14.2. The van der Waals surface area contributed by atoms with Gasteiger partial charge in [-0.25, -0.2) is 0 Å². The van der Waals surface area contributed by atoms with Crippen molar-refractivity contribution >= 4 is 28.8 Å². The van der Waals surface area contributed by atoms with Crippen molar-refractivity contribution in [3.63, 3.8) is 0 Å². The van der Waals surface area contributed by atoms with Crippen molar-refractivity contribution in [3.05, 3.63) is 70.4 Å². The van der Waals surface area contributed by atoms with Crippen molar-refractivity contribution in [2.24, 2.45) is 0 Å². The number of anilines is 1. The molecule has 1 aromatic heterocycles. The van der Waals surface area contributed by atoms with Gasteiger partial charge in [-0.3, -0.25) is 9.59 Å². The van der Waals surface area contributed by atoms with Crippen molar-refractivity contribution in [1.82, 2.24) is 5.32 Å². The third-order valence-electron chi connectivity index (χ3n) is 4.15. The Labute approximate surface area is 171 Å². The molecule has 0 saturated carbocycles. The molecule has 0 unspecified atom stereocenters. The summed E-state index contributed by atoms with van der Waals surface area (Å²) < 4.78 is 16.4. The minimum Gasteiger partial charge on any atom is -0.489 e. The first kappa shape index (κ1) is 18.8. The van der Waals surface area contributed by atoms with Gasteiger partial charge in [-0.1, -0.05) is 12.1 Å². The van der Waals surface area contributed by atoms with E-state index in [1.54, 1.807) is 29.6 Å². The zero-order valence-corrected chi connectivity index (χ0v) is 16.2. The molecule has 4 rings (SSSR count). The van der Waals surface area contributed by atoms with E-state index in [-0.39, 0.29) is 25.2 Å². The predicted octanol–water partition coefficient (Wildman–Crippen LogP) is 3.42. The van der Waals surface area contributed by atoms with Crippen LogP contribution in [0.3, 0.4) is 0 Å². The van der Waals surface area contributed by atoms with E-state index in [2.05, 4.69) is 10.6 Å². The second kappa shape index (κ2) is 8.66. The van der Waals surface area contributed by atoms with Crippen LogP contribution in [0.5, 0.6) is 17.2 Å². The third-order valence-corrected chi connectivity index (χ3v) is 4.84. The van der Waals surface area contributed by atoms with Gasteiger partial charge >= 0.3 is 0 Å². The molecule has 8 heteroatoms. The molecule has 0 saturated heterocycles. The number of thiophene rings is 1. The van der Waals surface area contributed by atoms with E-state index in [0.29, 0.717) is 35.1 Å². The van der Waals surface area contributed by atoms with Crippen LogP contribution in [0.25, 0.3) is 0 Å². The van der Waals surface area contributed by atoms with E-state index >= 15 is 0 Å². The summed E-state index contributed by atoms with van der Waals surface area (Å²) in [6.07, 6.45) is 0. The fourth-order valence-corrected chi connectivity index (χ4v) is 3.37. The van der Waals surface area contributed by atoms with Crippen molar-refractivity contribution < 1.29 is 23.8 Å². The minimum absolute atomic E-state index is 0.105. The first-order valence-electron chi connectivity index (χ1n) is 8.89. The highest BCUT2D eigenvalue weighted by Crippen LogP contribution is 2.35. The molecule has 29 heavy (non-hydrogen) atoms. The fourth-order valence-electron chi connectivity index (χ4n) is 2.73. The number of amides is 2. The molecule has 0 radical (unpaired) electrons. The SMILES string of the molecule is O=C(CNC(=O)c1ccsc1)Nc1cccc(COc2ccc3c(c2)OCO3)c1. The highest BCUT2D eigenvalue weighted by atomic mass is 32.1. The predicted molar refractivity (Wildman–Crippen MR) is 109 cm³/mol. The average molecular weight is 410 g/mol. The number of rotatable bonds is 7. The number of nitrogens with one attached hydrogen (secondary N) is 2. The Morgan fingerprint density at radius 3 is 2.83 bits per heavy atom. The minimum atomic E-state index is -0.303. The maximum atomic E-state index is 12.1. The van der Waals surface area contributed by atoms with Gasteiger partial charge in [0.2, 0.25) is 12.7 Å². The highest BCUT2D eigenvalue weighted by Gasteiger charge is 2.14. The Hall–Kier alpha value is -3.52. The maximum absolute atomic E-state index is 12.1. The molecular formula is C21H18N2O5S. The quantitative estimate of drug-likeness (QED) is 0.623.